The number of benzene rings is 1. The van der Waals surface area contributed by atoms with E-state index in [1.165, 1.54) is 18.2 Å². The molecule has 0 fully saturated rings. The molecule has 0 radical (unpaired) electrons. The van der Waals surface area contributed by atoms with E-state index in [9.17, 15) is 28.7 Å². The summed E-state index contributed by atoms with van der Waals surface area (Å²) in [5.74, 6) is -5.31. The SMILES string of the molecule is CCC(CC)(Cc1ccc(C(=O)Oc2ccc(C(=N)N)cc2F)s1)C(=O)N[C@@H](CCC(=O)O)C(=O)O. The molecular formula is C24H28FN3O7S. The number of amides is 1. The van der Waals surface area contributed by atoms with Crippen LogP contribution in [-0.4, -0.2) is 45.9 Å². The fourth-order valence-electron chi connectivity index (χ4n) is 3.56. The number of rotatable bonds is 13. The summed E-state index contributed by atoms with van der Waals surface area (Å²) >= 11 is 1.06. The van der Waals surface area contributed by atoms with E-state index >= 15 is 0 Å². The maximum absolute atomic E-state index is 14.2. The zero-order valence-electron chi connectivity index (χ0n) is 19.8. The molecule has 194 valence electrons. The number of aliphatic carboxylic acids is 2. The van der Waals surface area contributed by atoms with Crippen molar-refractivity contribution in [3.8, 4) is 5.75 Å². The van der Waals surface area contributed by atoms with Gasteiger partial charge in [-0.2, -0.15) is 0 Å². The Kier molecular flexibility index (Phi) is 9.68. The molecule has 1 aromatic carbocycles. The fraction of sp³-hybridized carbons (Fsp3) is 0.375. The number of thiophene rings is 1. The lowest BCUT2D eigenvalue weighted by molar-refractivity contribution is -0.145. The van der Waals surface area contributed by atoms with E-state index in [2.05, 4.69) is 5.32 Å². The monoisotopic (exact) mass is 521 g/mol. The van der Waals surface area contributed by atoms with Crippen LogP contribution in [0.3, 0.4) is 0 Å². The molecule has 2 aromatic rings. The maximum atomic E-state index is 14.2. The van der Waals surface area contributed by atoms with Crippen molar-refractivity contribution in [2.75, 3.05) is 0 Å². The van der Waals surface area contributed by atoms with Crippen molar-refractivity contribution in [3.63, 3.8) is 0 Å². The standard InChI is InChI=1S/C24H28FN3O7S/c1-3-24(4-2,23(34)28-16(21(31)32)7-10-19(29)30)12-14-6-9-18(36-14)22(33)35-17-8-5-13(20(26)27)11-15(17)25/h5-6,8-9,11,16H,3-4,7,10,12H2,1-2H3,(H3,26,27)(H,28,34)(H,29,30)(H,31,32)/t16-/m0/s1. The number of nitrogens with two attached hydrogens (primary N) is 1. The van der Waals surface area contributed by atoms with Crippen molar-refractivity contribution in [2.24, 2.45) is 11.1 Å². The van der Waals surface area contributed by atoms with E-state index in [0.29, 0.717) is 17.7 Å². The summed E-state index contributed by atoms with van der Waals surface area (Å²) in [7, 11) is 0. The number of carboxylic acids is 2. The molecule has 0 unspecified atom stereocenters. The van der Waals surface area contributed by atoms with Crippen molar-refractivity contribution >= 4 is 41.0 Å². The Morgan fingerprint density at radius 3 is 2.36 bits per heavy atom. The molecule has 0 spiro atoms. The average molecular weight is 522 g/mol. The quantitative estimate of drug-likeness (QED) is 0.115. The normalized spacial score (nSPS) is 12.0. The van der Waals surface area contributed by atoms with Gasteiger partial charge in [0.1, 0.15) is 16.8 Å². The van der Waals surface area contributed by atoms with Crippen LogP contribution in [0.1, 0.15) is 59.6 Å². The van der Waals surface area contributed by atoms with Crippen LogP contribution in [0.25, 0.3) is 0 Å². The molecule has 10 nitrogen and oxygen atoms in total. The molecule has 1 atom stereocenters. The third-order valence-corrected chi connectivity index (χ3v) is 6.97. The molecule has 0 saturated heterocycles. The number of nitrogen functional groups attached to an aromatic ring is 1. The van der Waals surface area contributed by atoms with Crippen molar-refractivity contribution in [2.45, 2.75) is 52.0 Å². The first-order chi connectivity index (χ1) is 16.9. The van der Waals surface area contributed by atoms with Crippen molar-refractivity contribution < 1.29 is 38.5 Å². The van der Waals surface area contributed by atoms with Gasteiger partial charge in [0.05, 0.1) is 5.41 Å². The van der Waals surface area contributed by atoms with Crippen molar-refractivity contribution in [1.29, 1.82) is 5.41 Å². The number of amidine groups is 1. The Morgan fingerprint density at radius 1 is 1.17 bits per heavy atom. The van der Waals surface area contributed by atoms with Gasteiger partial charge in [-0.15, -0.1) is 11.3 Å². The Morgan fingerprint density at radius 2 is 1.83 bits per heavy atom. The third-order valence-electron chi connectivity index (χ3n) is 5.91. The van der Waals surface area contributed by atoms with Crippen LogP contribution in [0.5, 0.6) is 5.75 Å². The summed E-state index contributed by atoms with van der Waals surface area (Å²) in [6.07, 6.45) is 0.282. The predicted octanol–water partition coefficient (Wildman–Crippen LogP) is 3.17. The lowest BCUT2D eigenvalue weighted by atomic mass is 9.77. The van der Waals surface area contributed by atoms with E-state index < -0.39 is 47.5 Å². The number of ether oxygens (including phenoxy) is 1. The number of hydrogen-bond acceptors (Lipinski definition) is 7. The van der Waals surface area contributed by atoms with Gasteiger partial charge in [0.25, 0.3) is 0 Å². The Bertz CT molecular complexity index is 1160. The lowest BCUT2D eigenvalue weighted by Crippen LogP contribution is -2.49. The topological polar surface area (TPSA) is 180 Å². The van der Waals surface area contributed by atoms with Crippen LogP contribution in [0.4, 0.5) is 4.39 Å². The van der Waals surface area contributed by atoms with Crippen LogP contribution in [0, 0.1) is 16.6 Å². The minimum absolute atomic E-state index is 0.146. The highest BCUT2D eigenvalue weighted by Crippen LogP contribution is 2.34. The molecule has 2 rings (SSSR count). The highest BCUT2D eigenvalue weighted by atomic mass is 32.1. The van der Waals surface area contributed by atoms with E-state index in [-0.39, 0.29) is 34.9 Å². The first kappa shape index (κ1) is 28.4. The number of carbonyl (C=O) groups is 4. The minimum Gasteiger partial charge on any atom is -0.481 e. The summed E-state index contributed by atoms with van der Waals surface area (Å²) in [5.41, 5.74) is 4.48. The van der Waals surface area contributed by atoms with E-state index in [0.717, 1.165) is 17.4 Å². The van der Waals surface area contributed by atoms with Gasteiger partial charge < -0.3 is 26.0 Å². The van der Waals surface area contributed by atoms with Crippen LogP contribution in [-0.2, 0) is 20.8 Å². The summed E-state index contributed by atoms with van der Waals surface area (Å²) in [6.45, 7) is 3.57. The Hall–Kier alpha value is -3.80. The van der Waals surface area contributed by atoms with Gasteiger partial charge >= 0.3 is 17.9 Å². The summed E-state index contributed by atoms with van der Waals surface area (Å²) < 4.78 is 19.3. The first-order valence-corrected chi connectivity index (χ1v) is 11.9. The number of nitrogens with one attached hydrogen (secondary N) is 2. The maximum Gasteiger partial charge on any atom is 0.353 e. The molecule has 0 aliphatic carbocycles. The van der Waals surface area contributed by atoms with Gasteiger partial charge in [0, 0.05) is 16.9 Å². The van der Waals surface area contributed by atoms with E-state index in [1.54, 1.807) is 19.9 Å². The van der Waals surface area contributed by atoms with Crippen LogP contribution in [0.15, 0.2) is 30.3 Å². The number of carboxylic acid groups (broad SMARTS) is 2. The van der Waals surface area contributed by atoms with Gasteiger partial charge in [-0.3, -0.25) is 15.0 Å². The number of esters is 1. The van der Waals surface area contributed by atoms with Crippen LogP contribution in [0.2, 0.25) is 0 Å². The number of carbonyl (C=O) groups excluding carboxylic acids is 2. The molecule has 0 aliphatic rings. The smallest absolute Gasteiger partial charge is 0.353 e. The van der Waals surface area contributed by atoms with Gasteiger partial charge in [0.2, 0.25) is 5.91 Å². The molecule has 0 bridgehead atoms. The molecular weight excluding hydrogens is 493 g/mol. The van der Waals surface area contributed by atoms with Gasteiger partial charge in [-0.05, 0) is 56.0 Å². The van der Waals surface area contributed by atoms with Gasteiger partial charge in [-0.25, -0.2) is 14.0 Å². The second-order valence-corrected chi connectivity index (χ2v) is 9.34. The minimum atomic E-state index is -1.34. The molecule has 0 saturated carbocycles. The van der Waals surface area contributed by atoms with Crippen molar-refractivity contribution in [1.82, 2.24) is 5.32 Å². The number of halogens is 1. The average Bonchev–Trinajstić information content (AvgIpc) is 3.29. The zero-order chi connectivity index (χ0) is 27.0. The van der Waals surface area contributed by atoms with Crippen LogP contribution < -0.4 is 15.8 Å². The molecule has 12 heteroatoms. The highest BCUT2D eigenvalue weighted by molar-refractivity contribution is 7.14. The van der Waals surface area contributed by atoms with Crippen LogP contribution >= 0.6 is 11.3 Å². The number of hydrogen-bond donors (Lipinski definition) is 5. The lowest BCUT2D eigenvalue weighted by Gasteiger charge is -2.31. The molecule has 6 N–H and O–H groups in total. The summed E-state index contributed by atoms with van der Waals surface area (Å²) in [4.78, 5) is 48.8. The third kappa shape index (κ3) is 7.11. The second kappa shape index (κ2) is 12.2. The zero-order valence-corrected chi connectivity index (χ0v) is 20.6. The Labute approximate surface area is 210 Å². The molecule has 1 amide bonds. The largest absolute Gasteiger partial charge is 0.481 e. The molecule has 1 aromatic heterocycles. The van der Waals surface area contributed by atoms with Gasteiger partial charge in [0.15, 0.2) is 11.6 Å². The van der Waals surface area contributed by atoms with Crippen molar-refractivity contribution in [3.05, 3.63) is 51.5 Å². The summed E-state index contributed by atoms with van der Waals surface area (Å²) in [6, 6.07) is 5.33. The van der Waals surface area contributed by atoms with E-state index in [1.807, 2.05) is 0 Å². The fourth-order valence-corrected chi connectivity index (χ4v) is 4.58. The first-order valence-electron chi connectivity index (χ1n) is 11.1. The van der Waals surface area contributed by atoms with E-state index in [4.69, 9.17) is 21.0 Å². The summed E-state index contributed by atoms with van der Waals surface area (Å²) in [5, 5.41) is 28.0. The molecule has 1 heterocycles. The Balaban J connectivity index is 2.16. The molecule has 0 aliphatic heterocycles. The predicted molar refractivity (Wildman–Crippen MR) is 130 cm³/mol. The van der Waals surface area contributed by atoms with Gasteiger partial charge in [-0.1, -0.05) is 13.8 Å². The molecule has 36 heavy (non-hydrogen) atoms. The highest BCUT2D eigenvalue weighted by Gasteiger charge is 2.38. The second-order valence-electron chi connectivity index (χ2n) is 8.18.